The van der Waals surface area contributed by atoms with Gasteiger partial charge in [0.1, 0.15) is 28.2 Å². The summed E-state index contributed by atoms with van der Waals surface area (Å²) in [5, 5.41) is 0. The summed E-state index contributed by atoms with van der Waals surface area (Å²) in [4.78, 5) is 0. The Bertz CT molecular complexity index is 5320. The van der Waals surface area contributed by atoms with Crippen molar-refractivity contribution in [2.24, 2.45) is 28.2 Å². The molecule has 0 amide bonds. The first-order valence-electron chi connectivity index (χ1n) is 36.5. The number of nitrogens with zero attached hydrogens (tertiary/aromatic N) is 4. The van der Waals surface area contributed by atoms with Crippen LogP contribution in [0.25, 0.3) is 89.5 Å². The molecule has 0 N–H and O–H groups in total. The number of fused-ring (bicyclic) bond motifs is 12. The fourth-order valence-corrected chi connectivity index (χ4v) is 17.3. The highest BCUT2D eigenvalue weighted by Gasteiger charge is 2.43. The highest BCUT2D eigenvalue weighted by Crippen LogP contribution is 2.57. The maximum absolute atomic E-state index is 8.29. The molecule has 4 heteroatoms. The van der Waals surface area contributed by atoms with Crippen LogP contribution in [0, 0.1) is 69.2 Å². The van der Waals surface area contributed by atoms with Gasteiger partial charge in [-0.2, -0.15) is 0 Å². The van der Waals surface area contributed by atoms with Crippen molar-refractivity contribution in [2.45, 2.75) is 146 Å². The van der Waals surface area contributed by atoms with Gasteiger partial charge in [-0.25, -0.2) is 18.3 Å². The molecule has 4 aromatic heterocycles. The summed E-state index contributed by atoms with van der Waals surface area (Å²) in [6.07, 6.45) is 8.67. The number of aryl methyl sites for hydroxylation is 14. The van der Waals surface area contributed by atoms with Gasteiger partial charge < -0.3 is 0 Å². The van der Waals surface area contributed by atoms with E-state index in [1.807, 2.05) is 56.6 Å². The van der Waals surface area contributed by atoms with E-state index in [1.54, 1.807) is 0 Å². The number of hydrogen-bond acceptors (Lipinski definition) is 0. The van der Waals surface area contributed by atoms with Crippen molar-refractivity contribution >= 4 is 0 Å². The molecule has 4 aliphatic carbocycles. The molecule has 1 atom stereocenters. The number of hydrogen-bond donors (Lipinski definition) is 0. The Labute approximate surface area is 589 Å². The van der Waals surface area contributed by atoms with Crippen LogP contribution in [0.15, 0.2) is 207 Å². The van der Waals surface area contributed by atoms with Crippen molar-refractivity contribution in [3.05, 3.63) is 307 Å². The van der Waals surface area contributed by atoms with Crippen molar-refractivity contribution in [1.82, 2.24) is 0 Å². The van der Waals surface area contributed by atoms with Crippen molar-refractivity contribution in [3.63, 3.8) is 0 Å². The Morgan fingerprint density at radius 2 is 0.622 bits per heavy atom. The normalized spacial score (nSPS) is 15.9. The summed E-state index contributed by atoms with van der Waals surface area (Å²) >= 11 is 0. The predicted octanol–water partition coefficient (Wildman–Crippen LogP) is 21.0. The zero-order chi connectivity index (χ0) is 72.5. The smallest absolute Gasteiger partial charge is 0.201 e. The molecule has 4 nitrogen and oxygen atoms in total. The zero-order valence-corrected chi connectivity index (χ0v) is 61.9. The van der Waals surface area contributed by atoms with E-state index < -0.39 is 12.3 Å². The van der Waals surface area contributed by atoms with E-state index >= 15 is 0 Å². The summed E-state index contributed by atoms with van der Waals surface area (Å²) in [7, 11) is 8.48. The second-order valence-corrected chi connectivity index (χ2v) is 30.7. The Morgan fingerprint density at radius 3 is 1.11 bits per heavy atom. The SMILES string of the molecule is Cc1ccc(-c2c(C)ccc3c2-c2cccc(C)c2C3(C)C)[n+](C)c1.Cc1ccc2c(c1)-c1c(ccc(C)c1-c1ccc(C)c[n+]1C)C2(C)C.Cc1ccc2c(c1)C(C)(C)c1ccc(C)c(-c3ccc(C)c[n+]3C)c1-2.[2H]C([2H])([2H])C1(C)c2ccccc2-c2c1ccc(C)c2-c1cccc[n+]1C. The number of benzene rings is 8. The van der Waals surface area contributed by atoms with E-state index in [-0.39, 0.29) is 16.2 Å². The van der Waals surface area contributed by atoms with E-state index in [4.69, 9.17) is 4.11 Å². The lowest BCUT2D eigenvalue weighted by Crippen LogP contribution is -2.31. The largest absolute Gasteiger partial charge is 0.213 e. The van der Waals surface area contributed by atoms with Gasteiger partial charge in [-0.1, -0.05) is 194 Å². The van der Waals surface area contributed by atoms with Crippen molar-refractivity contribution in [2.75, 3.05) is 0 Å². The van der Waals surface area contributed by atoms with Crippen LogP contribution in [-0.4, -0.2) is 0 Å². The molecule has 0 saturated heterocycles. The maximum Gasteiger partial charge on any atom is 0.213 e. The van der Waals surface area contributed by atoms with Gasteiger partial charge in [0, 0.05) is 95.0 Å². The van der Waals surface area contributed by atoms with Gasteiger partial charge in [0.25, 0.3) is 0 Å². The highest BCUT2D eigenvalue weighted by atomic mass is 14.9. The molecular formula is C94H100N4+4. The molecule has 16 rings (SSSR count). The first-order valence-corrected chi connectivity index (χ1v) is 35.0. The van der Waals surface area contributed by atoms with Gasteiger partial charge in [-0.05, 0) is 188 Å². The molecule has 0 aliphatic heterocycles. The molecule has 4 aliphatic rings. The molecule has 0 spiro atoms. The summed E-state index contributed by atoms with van der Waals surface area (Å²) in [5.74, 6) is 0. The molecule has 8 aromatic carbocycles. The minimum Gasteiger partial charge on any atom is -0.201 e. The lowest BCUT2D eigenvalue weighted by atomic mass is 9.80. The molecule has 12 aromatic rings. The van der Waals surface area contributed by atoms with Crippen LogP contribution >= 0.6 is 0 Å². The molecule has 98 heavy (non-hydrogen) atoms. The van der Waals surface area contributed by atoms with E-state index in [0.717, 1.165) is 39.1 Å². The van der Waals surface area contributed by atoms with Gasteiger partial charge in [-0.3, -0.25) is 0 Å². The molecule has 1 unspecified atom stereocenters. The number of pyridine rings is 4. The van der Waals surface area contributed by atoms with Crippen LogP contribution in [0.5, 0.6) is 0 Å². The first kappa shape index (κ1) is 63.1. The topological polar surface area (TPSA) is 15.5 Å². The van der Waals surface area contributed by atoms with Crippen LogP contribution in [0.3, 0.4) is 0 Å². The third kappa shape index (κ3) is 11.0. The lowest BCUT2D eigenvalue weighted by molar-refractivity contribution is -0.660. The summed E-state index contributed by atoms with van der Waals surface area (Å²) in [6.45, 7) is 35.7. The van der Waals surface area contributed by atoms with Crippen LogP contribution in [0.4, 0.5) is 0 Å². The zero-order valence-electron chi connectivity index (χ0n) is 64.9. The fourth-order valence-electron chi connectivity index (χ4n) is 17.3. The summed E-state index contributed by atoms with van der Waals surface area (Å²) in [5.41, 5.74) is 43.4. The van der Waals surface area contributed by atoms with Crippen LogP contribution in [0.2, 0.25) is 0 Å². The fraction of sp³-hybridized carbons (Fsp3) is 0.277. The average molecular weight is 1290 g/mol. The van der Waals surface area contributed by atoms with Crippen molar-refractivity contribution < 1.29 is 22.4 Å². The van der Waals surface area contributed by atoms with Crippen LogP contribution < -0.4 is 18.3 Å². The summed E-state index contributed by atoms with van der Waals surface area (Å²) in [6, 6.07) is 66.0. The van der Waals surface area contributed by atoms with Gasteiger partial charge >= 0.3 is 0 Å². The number of rotatable bonds is 4. The average Bonchev–Trinajstić information content (AvgIpc) is 1.59. The Morgan fingerprint density at radius 1 is 0.255 bits per heavy atom. The Hall–Kier alpha value is -9.64. The molecule has 492 valence electrons. The van der Waals surface area contributed by atoms with E-state index in [0.29, 0.717) is 0 Å². The lowest BCUT2D eigenvalue weighted by Gasteiger charge is -2.23. The van der Waals surface area contributed by atoms with Gasteiger partial charge in [-0.15, -0.1) is 0 Å². The Kier molecular flexibility index (Phi) is 15.9. The molecule has 0 saturated carbocycles. The third-order valence-electron chi connectivity index (χ3n) is 22.3. The predicted molar refractivity (Wildman–Crippen MR) is 410 cm³/mol. The van der Waals surface area contributed by atoms with Crippen LogP contribution in [0.1, 0.15) is 160 Å². The van der Waals surface area contributed by atoms with Gasteiger partial charge in [0.2, 0.25) is 22.8 Å². The van der Waals surface area contributed by atoms with E-state index in [1.165, 1.54) is 151 Å². The number of aromatic nitrogens is 4. The molecule has 4 heterocycles. The second-order valence-electron chi connectivity index (χ2n) is 30.7. The van der Waals surface area contributed by atoms with E-state index in [9.17, 15) is 0 Å². The van der Waals surface area contributed by atoms with Gasteiger partial charge in [0.15, 0.2) is 24.8 Å². The van der Waals surface area contributed by atoms with Gasteiger partial charge in [0.05, 0.1) is 22.3 Å². The standard InChI is InChI=1S/3C24H26N.C22H22N/c1-15-7-10-19-18(13-15)23-20(24(19,4)5)11-9-17(3)22(23)21-12-8-16(2)14-25(21)6;1-15-7-10-18-20(13-15)24(4,5)19-11-9-17(3)22(23(18)19)21-12-8-16(2)14-25(21)6;1-15-10-13-20(25(6)14-15)21-16(2)11-12-19-22(21)18-9-7-8-17(3)23(18)24(19,4)5;1-15-12-13-18-21(20(15)19-11-7-8-14-23(19)4)16-9-5-6-10-17(16)22(18,2)3/h3*7-14H,1-6H3;5-14H,1-4H3/q4*+1/i;;;2D3. The minimum absolute atomic E-state index is 0.0434. The third-order valence-corrected chi connectivity index (χ3v) is 22.3. The molecule has 0 fully saturated rings. The Balaban J connectivity index is 0.000000120. The first-order chi connectivity index (χ1) is 47.7. The molecular weight excluding hydrogens is 1190 g/mol. The maximum atomic E-state index is 8.29. The van der Waals surface area contributed by atoms with E-state index in [2.05, 4.69) is 314 Å². The quantitative estimate of drug-likeness (QED) is 0.156. The molecule has 0 radical (unpaired) electrons. The van der Waals surface area contributed by atoms with Crippen molar-refractivity contribution in [1.29, 1.82) is 0 Å². The second kappa shape index (κ2) is 24.7. The molecule has 0 bridgehead atoms. The summed E-state index contributed by atoms with van der Waals surface area (Å²) < 4.78 is 33.7. The van der Waals surface area contributed by atoms with Crippen molar-refractivity contribution in [3.8, 4) is 89.5 Å². The monoisotopic (exact) mass is 1290 g/mol. The minimum atomic E-state index is -2.13. The van der Waals surface area contributed by atoms with Crippen LogP contribution in [-0.2, 0) is 49.9 Å². The highest BCUT2D eigenvalue weighted by molar-refractivity contribution is 5.96.